The Balaban J connectivity index is 1.34. The van der Waals surface area contributed by atoms with Gasteiger partial charge in [0, 0.05) is 49.7 Å². The Labute approximate surface area is 201 Å². The second kappa shape index (κ2) is 10.6. The van der Waals surface area contributed by atoms with E-state index in [0.717, 1.165) is 35.1 Å². The molecule has 34 heavy (non-hydrogen) atoms. The summed E-state index contributed by atoms with van der Waals surface area (Å²) < 4.78 is 35.1. The Hall–Kier alpha value is -2.84. The number of piperidine rings is 1. The molecule has 1 aliphatic rings. The van der Waals surface area contributed by atoms with Crippen LogP contribution in [0, 0.1) is 5.92 Å². The molecule has 2 heterocycles. The van der Waals surface area contributed by atoms with Gasteiger partial charge in [0.1, 0.15) is 5.75 Å². The average molecular weight is 484 g/mol. The van der Waals surface area contributed by atoms with Gasteiger partial charge in [0.2, 0.25) is 15.9 Å². The molecule has 0 aliphatic carbocycles. The van der Waals surface area contributed by atoms with E-state index in [2.05, 4.69) is 12.2 Å². The fourth-order valence-corrected chi connectivity index (χ4v) is 5.97. The fourth-order valence-electron chi connectivity index (χ4n) is 4.46. The van der Waals surface area contributed by atoms with E-state index in [4.69, 9.17) is 4.74 Å². The van der Waals surface area contributed by atoms with E-state index in [0.29, 0.717) is 49.8 Å². The highest BCUT2D eigenvalue weighted by Crippen LogP contribution is 2.26. The average Bonchev–Trinajstić information content (AvgIpc) is 3.25. The Kier molecular flexibility index (Phi) is 7.58. The van der Waals surface area contributed by atoms with E-state index < -0.39 is 10.0 Å². The van der Waals surface area contributed by atoms with Crippen molar-refractivity contribution in [1.29, 1.82) is 0 Å². The summed E-state index contributed by atoms with van der Waals surface area (Å²) in [7, 11) is -1.84. The highest BCUT2D eigenvalue weighted by Gasteiger charge is 2.28. The van der Waals surface area contributed by atoms with Crippen LogP contribution in [-0.2, 0) is 27.8 Å². The molecule has 0 bridgehead atoms. The van der Waals surface area contributed by atoms with Crippen molar-refractivity contribution in [2.75, 3.05) is 26.7 Å². The fraction of sp³-hybridized carbons (Fsp3) is 0.423. The predicted molar refractivity (Wildman–Crippen MR) is 133 cm³/mol. The number of nitrogens with one attached hydrogen (secondary N) is 1. The van der Waals surface area contributed by atoms with Gasteiger partial charge in [0.15, 0.2) is 0 Å². The van der Waals surface area contributed by atoms with Gasteiger partial charge in [-0.25, -0.2) is 8.42 Å². The first-order valence-electron chi connectivity index (χ1n) is 11.9. The summed E-state index contributed by atoms with van der Waals surface area (Å²) in [6.07, 6.45) is 4.76. The normalized spacial score (nSPS) is 15.5. The molecule has 7 nitrogen and oxygen atoms in total. The third-order valence-corrected chi connectivity index (χ3v) is 8.51. The summed E-state index contributed by atoms with van der Waals surface area (Å²) >= 11 is 0. The van der Waals surface area contributed by atoms with Gasteiger partial charge < -0.3 is 14.6 Å². The van der Waals surface area contributed by atoms with Crippen LogP contribution in [0.1, 0.15) is 31.7 Å². The van der Waals surface area contributed by atoms with Gasteiger partial charge in [-0.3, -0.25) is 4.79 Å². The summed E-state index contributed by atoms with van der Waals surface area (Å²) in [6.45, 7) is 4.39. The van der Waals surface area contributed by atoms with Crippen molar-refractivity contribution < 1.29 is 17.9 Å². The number of amides is 1. The molecule has 1 amide bonds. The molecule has 0 unspecified atom stereocenters. The number of rotatable bonds is 9. The van der Waals surface area contributed by atoms with Crippen molar-refractivity contribution in [2.24, 2.45) is 5.92 Å². The number of carbonyl (C=O) groups is 1. The number of hydrogen-bond acceptors (Lipinski definition) is 4. The summed E-state index contributed by atoms with van der Waals surface area (Å²) in [4.78, 5) is 12.7. The Bertz CT molecular complexity index is 1240. The van der Waals surface area contributed by atoms with Crippen molar-refractivity contribution in [3.63, 3.8) is 0 Å². The van der Waals surface area contributed by atoms with E-state index in [9.17, 15) is 13.2 Å². The zero-order chi connectivity index (χ0) is 24.1. The topological polar surface area (TPSA) is 80.6 Å². The van der Waals surface area contributed by atoms with Gasteiger partial charge in [-0.1, -0.05) is 25.1 Å². The number of methoxy groups -OCH3 is 1. The van der Waals surface area contributed by atoms with Crippen LogP contribution in [0.5, 0.6) is 5.75 Å². The van der Waals surface area contributed by atoms with Gasteiger partial charge in [-0.2, -0.15) is 4.31 Å². The van der Waals surface area contributed by atoms with Crippen LogP contribution in [0.4, 0.5) is 0 Å². The summed E-state index contributed by atoms with van der Waals surface area (Å²) in [5.41, 5.74) is 1.99. The number of fused-ring (bicyclic) bond motifs is 1. The maximum Gasteiger partial charge on any atom is 0.243 e. The Morgan fingerprint density at radius 1 is 1.12 bits per heavy atom. The second-order valence-corrected chi connectivity index (χ2v) is 10.9. The van der Waals surface area contributed by atoms with E-state index in [1.807, 2.05) is 47.2 Å². The highest BCUT2D eigenvalue weighted by atomic mass is 32.2. The number of aryl methyl sites for hydroxylation is 1. The first-order valence-corrected chi connectivity index (χ1v) is 13.3. The van der Waals surface area contributed by atoms with E-state index in [1.165, 1.54) is 0 Å². The van der Waals surface area contributed by atoms with Crippen molar-refractivity contribution in [1.82, 2.24) is 14.2 Å². The first kappa shape index (κ1) is 24.3. The molecule has 3 aromatic rings. The monoisotopic (exact) mass is 483 g/mol. The van der Waals surface area contributed by atoms with Crippen LogP contribution in [0.3, 0.4) is 0 Å². The minimum atomic E-state index is -3.48. The SMILES string of the molecule is COc1ccccc1CCNC(=O)CCn1ccc2cc(S(=O)(=O)N3CCC(C)CC3)ccc21. The third-order valence-electron chi connectivity index (χ3n) is 6.61. The number of ether oxygens (including phenoxy) is 1. The number of nitrogens with zero attached hydrogens (tertiary/aromatic N) is 2. The summed E-state index contributed by atoms with van der Waals surface area (Å²) in [6, 6.07) is 15.0. The Morgan fingerprint density at radius 3 is 2.65 bits per heavy atom. The molecule has 0 spiro atoms. The minimum Gasteiger partial charge on any atom is -0.496 e. The second-order valence-electron chi connectivity index (χ2n) is 8.98. The maximum absolute atomic E-state index is 13.1. The standard InChI is InChI=1S/C26H33N3O4S/c1-20-10-17-29(18-11-20)34(31,32)23-7-8-24-22(19-23)12-15-28(24)16-13-26(30)27-14-9-21-5-3-4-6-25(21)33-2/h3-8,12,15,19-20H,9-11,13-14,16-18H2,1-2H3,(H,27,30). The molecule has 2 aromatic carbocycles. The summed E-state index contributed by atoms with van der Waals surface area (Å²) in [5.74, 6) is 1.38. The predicted octanol–water partition coefficient (Wildman–Crippen LogP) is 3.82. The molecule has 0 atom stereocenters. The molecule has 0 radical (unpaired) electrons. The molecule has 1 fully saturated rings. The zero-order valence-corrected chi connectivity index (χ0v) is 20.7. The van der Waals surface area contributed by atoms with Crippen LogP contribution in [-0.4, -0.2) is 49.9 Å². The number of sulfonamides is 1. The molecular formula is C26H33N3O4S. The van der Waals surface area contributed by atoms with Gasteiger partial charge in [0.25, 0.3) is 0 Å². The van der Waals surface area contributed by atoms with Crippen molar-refractivity contribution in [2.45, 2.75) is 44.0 Å². The highest BCUT2D eigenvalue weighted by molar-refractivity contribution is 7.89. The quantitative estimate of drug-likeness (QED) is 0.502. The van der Waals surface area contributed by atoms with Crippen LogP contribution in [0.15, 0.2) is 59.6 Å². The van der Waals surface area contributed by atoms with Crippen molar-refractivity contribution in [3.05, 3.63) is 60.3 Å². The lowest BCUT2D eigenvalue weighted by molar-refractivity contribution is -0.121. The first-order chi connectivity index (χ1) is 16.4. The van der Waals surface area contributed by atoms with Crippen molar-refractivity contribution >= 4 is 26.8 Å². The molecule has 1 N–H and O–H groups in total. The van der Waals surface area contributed by atoms with Gasteiger partial charge >= 0.3 is 0 Å². The third kappa shape index (κ3) is 5.45. The molecule has 1 saturated heterocycles. The van der Waals surface area contributed by atoms with E-state index in [1.54, 1.807) is 23.5 Å². The van der Waals surface area contributed by atoms with Crippen LogP contribution in [0.25, 0.3) is 10.9 Å². The van der Waals surface area contributed by atoms with Crippen LogP contribution < -0.4 is 10.1 Å². The molecule has 4 rings (SSSR count). The van der Waals surface area contributed by atoms with Gasteiger partial charge in [-0.15, -0.1) is 0 Å². The molecule has 1 aromatic heterocycles. The van der Waals surface area contributed by atoms with Crippen molar-refractivity contribution in [3.8, 4) is 5.75 Å². The number of carbonyl (C=O) groups excluding carboxylic acids is 1. The molecular weight excluding hydrogens is 450 g/mol. The van der Waals surface area contributed by atoms with E-state index >= 15 is 0 Å². The number of hydrogen-bond donors (Lipinski definition) is 1. The zero-order valence-electron chi connectivity index (χ0n) is 19.9. The molecule has 0 saturated carbocycles. The lowest BCUT2D eigenvalue weighted by Crippen LogP contribution is -2.37. The summed E-state index contributed by atoms with van der Waals surface area (Å²) in [5, 5.41) is 3.83. The number of benzene rings is 2. The molecule has 8 heteroatoms. The smallest absolute Gasteiger partial charge is 0.243 e. The van der Waals surface area contributed by atoms with E-state index in [-0.39, 0.29) is 5.91 Å². The minimum absolute atomic E-state index is 0.0183. The number of aromatic nitrogens is 1. The molecule has 182 valence electrons. The van der Waals surface area contributed by atoms with Crippen LogP contribution >= 0.6 is 0 Å². The maximum atomic E-state index is 13.1. The number of para-hydroxylation sites is 1. The van der Waals surface area contributed by atoms with Gasteiger partial charge in [0.05, 0.1) is 12.0 Å². The van der Waals surface area contributed by atoms with Gasteiger partial charge in [-0.05, 0) is 61.1 Å². The van der Waals surface area contributed by atoms with Crippen LogP contribution in [0.2, 0.25) is 0 Å². The lowest BCUT2D eigenvalue weighted by atomic mass is 10.0. The Morgan fingerprint density at radius 2 is 1.88 bits per heavy atom. The lowest BCUT2D eigenvalue weighted by Gasteiger charge is -2.29. The largest absolute Gasteiger partial charge is 0.496 e. The molecule has 1 aliphatic heterocycles.